The van der Waals surface area contributed by atoms with E-state index in [1.165, 1.54) is 6.92 Å². The largest absolute Gasteiger partial charge is 0.497 e. The number of hydrogen-bond donors (Lipinski definition) is 6. The maximum absolute atomic E-state index is 12.5. The summed E-state index contributed by atoms with van der Waals surface area (Å²) in [5.74, 6) is -0.864. The van der Waals surface area contributed by atoms with E-state index in [2.05, 4.69) is 21.3 Å². The molecule has 1 aromatic carbocycles. The number of nitrogens with one attached hydrogen (secondary N) is 4. The second kappa shape index (κ2) is 19.9. The van der Waals surface area contributed by atoms with Gasteiger partial charge < -0.3 is 50.4 Å². The minimum absolute atomic E-state index is 0.0181. The highest BCUT2D eigenvalue weighted by Gasteiger charge is 2.45. The monoisotopic (exact) mass is 624 g/mol. The molecule has 2 rings (SSSR count). The number of benzene rings is 1. The minimum Gasteiger partial charge on any atom is -0.497 e. The van der Waals surface area contributed by atoms with E-state index in [0.29, 0.717) is 25.1 Å². The van der Waals surface area contributed by atoms with Crippen molar-refractivity contribution in [3.8, 4) is 5.75 Å². The number of carbonyl (C=O) groups is 4. The Hall–Kier alpha value is -3.30. The second-order valence-corrected chi connectivity index (χ2v) is 10.9. The number of carbonyl (C=O) groups excluding carboxylic acids is 4. The van der Waals surface area contributed by atoms with Crippen molar-refractivity contribution in [1.29, 1.82) is 0 Å². The highest BCUT2D eigenvalue weighted by atomic mass is 16.7. The Morgan fingerprint density at radius 2 is 1.68 bits per heavy atom. The maximum Gasteiger partial charge on any atom is 0.231 e. The first kappa shape index (κ1) is 36.9. The van der Waals surface area contributed by atoms with E-state index >= 15 is 0 Å². The maximum atomic E-state index is 12.5. The molecule has 1 saturated heterocycles. The van der Waals surface area contributed by atoms with Gasteiger partial charge >= 0.3 is 0 Å². The van der Waals surface area contributed by atoms with E-state index in [-0.39, 0.29) is 50.6 Å². The predicted octanol–water partition coefficient (Wildman–Crippen LogP) is -0.113. The molecule has 1 heterocycles. The zero-order valence-corrected chi connectivity index (χ0v) is 26.0. The van der Waals surface area contributed by atoms with Gasteiger partial charge in [-0.3, -0.25) is 19.2 Å². The Morgan fingerprint density at radius 1 is 0.955 bits per heavy atom. The van der Waals surface area contributed by atoms with Gasteiger partial charge in [0, 0.05) is 26.6 Å². The summed E-state index contributed by atoms with van der Waals surface area (Å²) in [5.41, 5.74) is 0.747. The zero-order chi connectivity index (χ0) is 32.5. The lowest BCUT2D eigenvalue weighted by Gasteiger charge is -2.42. The first-order chi connectivity index (χ1) is 21.0. The van der Waals surface area contributed by atoms with Crippen molar-refractivity contribution in [2.75, 3.05) is 33.5 Å². The fraction of sp³-hybridized carbons (Fsp3) is 0.667. The molecule has 14 nitrogen and oxygen atoms in total. The first-order valence-electron chi connectivity index (χ1n) is 14.9. The van der Waals surface area contributed by atoms with Gasteiger partial charge in [0.05, 0.1) is 19.6 Å². The van der Waals surface area contributed by atoms with Crippen LogP contribution in [-0.2, 0) is 39.8 Å². The summed E-state index contributed by atoms with van der Waals surface area (Å²) in [6.45, 7) is 5.65. The molecule has 248 valence electrons. The quantitative estimate of drug-likeness (QED) is 0.0687. The van der Waals surface area contributed by atoms with Gasteiger partial charge in [0.15, 0.2) is 6.29 Å². The summed E-state index contributed by atoms with van der Waals surface area (Å²) < 4.78 is 22.1. The molecule has 5 unspecified atom stereocenters. The van der Waals surface area contributed by atoms with Crippen LogP contribution in [0.4, 0.5) is 0 Å². The number of ether oxygens (including phenoxy) is 4. The van der Waals surface area contributed by atoms with Crippen molar-refractivity contribution >= 4 is 23.6 Å². The van der Waals surface area contributed by atoms with Crippen LogP contribution in [0.15, 0.2) is 24.3 Å². The predicted molar refractivity (Wildman–Crippen MR) is 159 cm³/mol. The van der Waals surface area contributed by atoms with E-state index in [1.54, 1.807) is 31.4 Å². The van der Waals surface area contributed by atoms with Crippen LogP contribution in [0.5, 0.6) is 5.75 Å². The van der Waals surface area contributed by atoms with Crippen LogP contribution < -0.4 is 26.0 Å². The normalized spacial score (nSPS) is 21.4. The van der Waals surface area contributed by atoms with E-state index in [1.807, 2.05) is 13.8 Å². The fourth-order valence-corrected chi connectivity index (χ4v) is 4.44. The molecule has 6 N–H and O–H groups in total. The third kappa shape index (κ3) is 14.0. The molecule has 1 aliphatic heterocycles. The molecule has 0 saturated carbocycles. The molecule has 5 atom stereocenters. The molecule has 1 fully saturated rings. The zero-order valence-electron chi connectivity index (χ0n) is 26.0. The molecule has 4 amide bonds. The lowest BCUT2D eigenvalue weighted by Crippen LogP contribution is -2.65. The highest BCUT2D eigenvalue weighted by Crippen LogP contribution is 2.23. The molecule has 0 bridgehead atoms. The van der Waals surface area contributed by atoms with Gasteiger partial charge in [-0.2, -0.15) is 0 Å². The Balaban J connectivity index is 1.72. The summed E-state index contributed by atoms with van der Waals surface area (Å²) in [6, 6.07) is 6.10. The van der Waals surface area contributed by atoms with Gasteiger partial charge in [0.1, 0.15) is 43.3 Å². The van der Waals surface area contributed by atoms with Crippen molar-refractivity contribution in [2.24, 2.45) is 0 Å². The van der Waals surface area contributed by atoms with Crippen molar-refractivity contribution in [3.63, 3.8) is 0 Å². The summed E-state index contributed by atoms with van der Waals surface area (Å²) in [5, 5.41) is 31.9. The number of aliphatic hydroxyl groups excluding tert-OH is 2. The molecule has 1 aromatic rings. The summed E-state index contributed by atoms with van der Waals surface area (Å²) in [6.07, 6.45) is -2.06. The standard InChI is InChI=1S/C30H48N4O10/c1-19(2)43-18-33-26(38)16-25(37)31-12-7-5-6-8-13-42-30-27(34-20(3)35)29(40)28(39)23(44-30)17-32-24(36)15-21-10-9-11-22(14-21)41-4/h9-11,14,19,23,27-30,39-40H,5-8,12-13,15-18H2,1-4H3,(H,31,37)(H,32,36)(H,33,38)(H,34,35). The van der Waals surface area contributed by atoms with Crippen LogP contribution in [0, 0.1) is 0 Å². The third-order valence-electron chi connectivity index (χ3n) is 6.75. The molecular formula is C30H48N4O10. The van der Waals surface area contributed by atoms with Gasteiger partial charge in [0.2, 0.25) is 23.6 Å². The Morgan fingerprint density at radius 3 is 2.39 bits per heavy atom. The van der Waals surface area contributed by atoms with Crippen molar-refractivity contribution < 1.29 is 48.3 Å². The third-order valence-corrected chi connectivity index (χ3v) is 6.75. The molecule has 0 radical (unpaired) electrons. The van der Waals surface area contributed by atoms with Gasteiger partial charge in [-0.1, -0.05) is 25.0 Å². The van der Waals surface area contributed by atoms with Gasteiger partial charge in [-0.05, 0) is 44.4 Å². The van der Waals surface area contributed by atoms with Gasteiger partial charge in [-0.15, -0.1) is 0 Å². The van der Waals surface area contributed by atoms with Crippen LogP contribution in [-0.4, -0.2) is 104 Å². The van der Waals surface area contributed by atoms with Gasteiger partial charge in [-0.25, -0.2) is 0 Å². The average Bonchev–Trinajstić information content (AvgIpc) is 2.96. The Kier molecular flexibility index (Phi) is 16.7. The number of aliphatic hydroxyl groups is 2. The van der Waals surface area contributed by atoms with Crippen molar-refractivity contribution in [1.82, 2.24) is 21.3 Å². The fourth-order valence-electron chi connectivity index (χ4n) is 4.44. The smallest absolute Gasteiger partial charge is 0.231 e. The molecule has 0 spiro atoms. The second-order valence-electron chi connectivity index (χ2n) is 10.9. The average molecular weight is 625 g/mol. The SMILES string of the molecule is COc1cccc(CC(=O)NCC2OC(OCCCCCCNC(=O)CC(=O)NCOC(C)C)C(NC(C)=O)C(O)C2O)c1. The molecule has 0 aliphatic carbocycles. The minimum atomic E-state index is -1.38. The number of hydrogen-bond acceptors (Lipinski definition) is 10. The first-order valence-corrected chi connectivity index (χ1v) is 14.9. The molecule has 44 heavy (non-hydrogen) atoms. The van der Waals surface area contributed by atoms with Crippen LogP contribution in [0.25, 0.3) is 0 Å². The number of rotatable bonds is 19. The lowest BCUT2D eigenvalue weighted by atomic mass is 9.96. The topological polar surface area (TPSA) is 194 Å². The van der Waals surface area contributed by atoms with Crippen LogP contribution >= 0.6 is 0 Å². The van der Waals surface area contributed by atoms with Crippen molar-refractivity contribution in [3.05, 3.63) is 29.8 Å². The Bertz CT molecular complexity index is 1060. The molecule has 1 aliphatic rings. The molecular weight excluding hydrogens is 576 g/mol. The summed E-state index contributed by atoms with van der Waals surface area (Å²) >= 11 is 0. The lowest BCUT2D eigenvalue weighted by molar-refractivity contribution is -0.263. The van der Waals surface area contributed by atoms with Crippen LogP contribution in [0.2, 0.25) is 0 Å². The van der Waals surface area contributed by atoms with Gasteiger partial charge in [0.25, 0.3) is 0 Å². The number of methoxy groups -OCH3 is 1. The highest BCUT2D eigenvalue weighted by molar-refractivity contribution is 5.96. The number of amides is 4. The van der Waals surface area contributed by atoms with Crippen LogP contribution in [0.3, 0.4) is 0 Å². The van der Waals surface area contributed by atoms with Crippen LogP contribution in [0.1, 0.15) is 58.4 Å². The summed E-state index contributed by atoms with van der Waals surface area (Å²) in [4.78, 5) is 47.9. The Labute approximate surface area is 258 Å². The van der Waals surface area contributed by atoms with E-state index in [9.17, 15) is 29.4 Å². The van der Waals surface area contributed by atoms with Crippen molar-refractivity contribution in [2.45, 2.75) is 96.0 Å². The van der Waals surface area contributed by atoms with E-state index in [0.717, 1.165) is 18.4 Å². The number of unbranched alkanes of at least 4 members (excludes halogenated alkanes) is 3. The molecule has 0 aromatic heterocycles. The van der Waals surface area contributed by atoms with E-state index < -0.39 is 42.5 Å². The summed E-state index contributed by atoms with van der Waals surface area (Å²) in [7, 11) is 1.54. The van der Waals surface area contributed by atoms with E-state index in [4.69, 9.17) is 18.9 Å². The molecule has 14 heteroatoms.